The molecule has 0 bridgehead atoms. The maximum atomic E-state index is 11.9. The molecule has 3 aliphatic heterocycles. The van der Waals surface area contributed by atoms with Gasteiger partial charge in [-0.2, -0.15) is 4.98 Å². The van der Waals surface area contributed by atoms with Crippen LogP contribution >= 0.6 is 0 Å². The van der Waals surface area contributed by atoms with Crippen molar-refractivity contribution in [1.29, 1.82) is 0 Å². The molecule has 4 rings (SSSR count). The van der Waals surface area contributed by atoms with Crippen LogP contribution in [0.25, 0.3) is 0 Å². The van der Waals surface area contributed by atoms with Gasteiger partial charge in [-0.3, -0.25) is 4.79 Å². The fourth-order valence-corrected chi connectivity index (χ4v) is 2.72. The van der Waals surface area contributed by atoms with Gasteiger partial charge in [-0.25, -0.2) is 4.68 Å². The molecule has 106 valence electrons. The van der Waals surface area contributed by atoms with Crippen molar-refractivity contribution in [3.63, 3.8) is 0 Å². The molecule has 0 spiro atoms. The van der Waals surface area contributed by atoms with Crippen molar-refractivity contribution >= 4 is 17.7 Å². The molecule has 20 heavy (non-hydrogen) atoms. The second-order valence-corrected chi connectivity index (χ2v) is 5.12. The van der Waals surface area contributed by atoms with E-state index in [4.69, 9.17) is 4.74 Å². The molecule has 0 aliphatic carbocycles. The van der Waals surface area contributed by atoms with Gasteiger partial charge in [0.05, 0.1) is 32.0 Å². The van der Waals surface area contributed by atoms with Crippen LogP contribution in [0.3, 0.4) is 0 Å². The summed E-state index contributed by atoms with van der Waals surface area (Å²) in [6.07, 6.45) is 0. The Balaban J connectivity index is 1.61. The molecule has 1 saturated heterocycles. The van der Waals surface area contributed by atoms with E-state index in [1.54, 1.807) is 0 Å². The van der Waals surface area contributed by atoms with E-state index < -0.39 is 0 Å². The van der Waals surface area contributed by atoms with E-state index in [1.165, 1.54) is 0 Å². The molecular weight excluding hydrogens is 260 g/mol. The van der Waals surface area contributed by atoms with Crippen molar-refractivity contribution in [2.45, 2.75) is 6.54 Å². The first kappa shape index (κ1) is 11.9. The molecule has 1 fully saturated rings. The van der Waals surface area contributed by atoms with Crippen molar-refractivity contribution in [3.8, 4) is 0 Å². The van der Waals surface area contributed by atoms with E-state index in [0.717, 1.165) is 25.2 Å². The van der Waals surface area contributed by atoms with E-state index >= 15 is 0 Å². The first-order valence-electron chi connectivity index (χ1n) is 6.82. The lowest BCUT2D eigenvalue weighted by atomic mass is 10.1. The Labute approximate surface area is 115 Å². The molecule has 8 nitrogen and oxygen atoms in total. The van der Waals surface area contributed by atoms with Crippen LogP contribution in [-0.2, 0) is 16.1 Å². The smallest absolute Gasteiger partial charge is 0.246 e. The molecule has 1 aromatic rings. The minimum Gasteiger partial charge on any atom is -0.378 e. The SMILES string of the molecule is O=C1CNCC2=C1Nc1nc(N3CCOCC3)nn1C2. The van der Waals surface area contributed by atoms with E-state index in [9.17, 15) is 4.79 Å². The van der Waals surface area contributed by atoms with Gasteiger partial charge in [0, 0.05) is 19.6 Å². The average molecular weight is 276 g/mol. The Bertz CT molecular complexity index is 587. The van der Waals surface area contributed by atoms with Crippen molar-refractivity contribution in [3.05, 3.63) is 11.3 Å². The molecule has 1 aromatic heterocycles. The second kappa shape index (κ2) is 4.57. The third-order valence-electron chi connectivity index (χ3n) is 3.79. The van der Waals surface area contributed by atoms with Crippen LogP contribution in [0.5, 0.6) is 0 Å². The van der Waals surface area contributed by atoms with Gasteiger partial charge in [-0.05, 0) is 5.57 Å². The number of fused-ring (bicyclic) bond motifs is 1. The normalized spacial score (nSPS) is 22.4. The number of ether oxygens (including phenoxy) is 1. The molecule has 0 amide bonds. The quantitative estimate of drug-likeness (QED) is 0.678. The lowest BCUT2D eigenvalue weighted by Gasteiger charge is -2.25. The van der Waals surface area contributed by atoms with Gasteiger partial charge in [0.2, 0.25) is 11.9 Å². The summed E-state index contributed by atoms with van der Waals surface area (Å²) in [5, 5.41) is 10.8. The molecule has 0 aromatic carbocycles. The summed E-state index contributed by atoms with van der Waals surface area (Å²) >= 11 is 0. The van der Waals surface area contributed by atoms with E-state index in [1.807, 2.05) is 4.68 Å². The minimum absolute atomic E-state index is 0.0911. The van der Waals surface area contributed by atoms with Gasteiger partial charge in [0.1, 0.15) is 0 Å². The Morgan fingerprint density at radius 1 is 1.20 bits per heavy atom. The number of rotatable bonds is 1. The number of carbonyl (C=O) groups excluding carboxylic acids is 1. The van der Waals surface area contributed by atoms with Gasteiger partial charge in [-0.1, -0.05) is 0 Å². The number of nitrogens with zero attached hydrogens (tertiary/aromatic N) is 4. The molecule has 0 unspecified atom stereocenters. The Kier molecular flexibility index (Phi) is 2.71. The Hall–Kier alpha value is -1.93. The lowest BCUT2D eigenvalue weighted by Crippen LogP contribution is -2.39. The summed E-state index contributed by atoms with van der Waals surface area (Å²) in [5.41, 5.74) is 1.74. The maximum Gasteiger partial charge on any atom is 0.246 e. The number of Topliss-reactive ketones (excluding diaryl/α,β-unsaturated/α-hetero) is 1. The molecular formula is C12H16N6O2. The van der Waals surface area contributed by atoms with Crippen LogP contribution in [0.2, 0.25) is 0 Å². The summed E-state index contributed by atoms with van der Waals surface area (Å²) in [6, 6.07) is 0. The number of ketones is 1. The van der Waals surface area contributed by atoms with E-state index in [2.05, 4.69) is 25.6 Å². The van der Waals surface area contributed by atoms with Crippen molar-refractivity contribution in [2.75, 3.05) is 49.6 Å². The van der Waals surface area contributed by atoms with Crippen LogP contribution in [-0.4, -0.2) is 59.9 Å². The maximum absolute atomic E-state index is 11.9. The Morgan fingerprint density at radius 3 is 2.90 bits per heavy atom. The van der Waals surface area contributed by atoms with Gasteiger partial charge in [0.25, 0.3) is 0 Å². The third-order valence-corrected chi connectivity index (χ3v) is 3.79. The largest absolute Gasteiger partial charge is 0.378 e. The molecule has 3 aliphatic rings. The highest BCUT2D eigenvalue weighted by molar-refractivity contribution is 6.01. The van der Waals surface area contributed by atoms with Crippen molar-refractivity contribution < 1.29 is 9.53 Å². The summed E-state index contributed by atoms with van der Waals surface area (Å²) < 4.78 is 7.16. The predicted molar refractivity (Wildman–Crippen MR) is 71.6 cm³/mol. The monoisotopic (exact) mass is 276 g/mol. The molecule has 0 atom stereocenters. The van der Waals surface area contributed by atoms with Crippen LogP contribution in [0.1, 0.15) is 0 Å². The fourth-order valence-electron chi connectivity index (χ4n) is 2.72. The number of hydrogen-bond acceptors (Lipinski definition) is 7. The second-order valence-electron chi connectivity index (χ2n) is 5.12. The number of morpholine rings is 1. The third kappa shape index (κ3) is 1.88. The number of carbonyl (C=O) groups is 1. The summed E-state index contributed by atoms with van der Waals surface area (Å²) in [4.78, 5) is 18.5. The van der Waals surface area contributed by atoms with E-state index in [0.29, 0.717) is 43.9 Å². The zero-order valence-electron chi connectivity index (χ0n) is 11.1. The van der Waals surface area contributed by atoms with Crippen LogP contribution in [0.4, 0.5) is 11.9 Å². The van der Waals surface area contributed by atoms with Gasteiger partial charge < -0.3 is 20.3 Å². The number of nitrogens with one attached hydrogen (secondary N) is 2. The van der Waals surface area contributed by atoms with Crippen LogP contribution in [0.15, 0.2) is 11.3 Å². The lowest BCUT2D eigenvalue weighted by molar-refractivity contribution is -0.115. The van der Waals surface area contributed by atoms with E-state index in [-0.39, 0.29) is 5.78 Å². The summed E-state index contributed by atoms with van der Waals surface area (Å²) in [7, 11) is 0. The zero-order valence-corrected chi connectivity index (χ0v) is 11.1. The first-order valence-corrected chi connectivity index (χ1v) is 6.82. The standard InChI is InChI=1S/C12H16N6O2/c19-9-6-13-5-8-7-18-11(14-10(8)9)15-12(16-18)17-1-3-20-4-2-17/h13H,1-7H2,(H,14,15,16). The highest BCUT2D eigenvalue weighted by Crippen LogP contribution is 2.24. The molecule has 0 radical (unpaired) electrons. The Morgan fingerprint density at radius 2 is 2.05 bits per heavy atom. The highest BCUT2D eigenvalue weighted by atomic mass is 16.5. The number of hydrogen-bond donors (Lipinski definition) is 2. The highest BCUT2D eigenvalue weighted by Gasteiger charge is 2.28. The minimum atomic E-state index is 0.0911. The number of anilines is 2. The first-order chi connectivity index (χ1) is 9.81. The van der Waals surface area contributed by atoms with Gasteiger partial charge in [-0.15, -0.1) is 5.10 Å². The van der Waals surface area contributed by atoms with Gasteiger partial charge >= 0.3 is 0 Å². The zero-order chi connectivity index (χ0) is 13.5. The molecule has 4 heterocycles. The average Bonchev–Trinajstić information content (AvgIpc) is 2.90. The summed E-state index contributed by atoms with van der Waals surface area (Å²) in [5.74, 6) is 1.45. The van der Waals surface area contributed by atoms with Crippen molar-refractivity contribution in [2.24, 2.45) is 0 Å². The van der Waals surface area contributed by atoms with Crippen LogP contribution < -0.4 is 15.5 Å². The fraction of sp³-hybridized carbons (Fsp3) is 0.583. The van der Waals surface area contributed by atoms with Crippen molar-refractivity contribution in [1.82, 2.24) is 20.1 Å². The molecule has 0 saturated carbocycles. The van der Waals surface area contributed by atoms with Gasteiger partial charge in [0.15, 0.2) is 5.78 Å². The predicted octanol–water partition coefficient (Wildman–Crippen LogP) is -1.03. The molecule has 2 N–H and O–H groups in total. The topological polar surface area (TPSA) is 84.3 Å². The van der Waals surface area contributed by atoms with Crippen LogP contribution in [0, 0.1) is 0 Å². The summed E-state index contributed by atoms with van der Waals surface area (Å²) in [6.45, 7) is 4.74. The number of aromatic nitrogens is 3. The molecule has 8 heteroatoms.